The molecule has 0 bridgehead atoms. The molecule has 6 aliphatic rings. The molecule has 25 heteroatoms. The van der Waals surface area contributed by atoms with Crippen LogP contribution in [-0.4, -0.2) is 154 Å². The van der Waals surface area contributed by atoms with E-state index in [9.17, 15) is 17.6 Å². The van der Waals surface area contributed by atoms with Crippen molar-refractivity contribution in [3.8, 4) is 0 Å². The fraction of sp³-hybridized carbons (Fsp3) is 0.721. The molecule has 3 aromatic heterocycles. The van der Waals surface area contributed by atoms with E-state index in [1.807, 2.05) is 105 Å². The molecule has 0 amide bonds. The van der Waals surface area contributed by atoms with Crippen LogP contribution in [0, 0.1) is 6.08 Å². The summed E-state index contributed by atoms with van der Waals surface area (Å²) in [6, 6.07) is 0. The van der Waals surface area contributed by atoms with Crippen molar-refractivity contribution in [2.75, 3.05) is 56.1 Å². The number of hydrogen-bond acceptors (Lipinski definition) is 15. The van der Waals surface area contributed by atoms with Gasteiger partial charge >= 0.3 is 27.2 Å². The predicted molar refractivity (Wildman–Crippen MR) is 267 cm³/mol. The Morgan fingerprint density at radius 2 is 0.809 bits per heavy atom. The van der Waals surface area contributed by atoms with Gasteiger partial charge in [0, 0.05) is 68.8 Å². The lowest BCUT2D eigenvalue weighted by Gasteiger charge is -2.32. The summed E-state index contributed by atoms with van der Waals surface area (Å²) in [5.74, 6) is 1.18. The second kappa shape index (κ2) is 23.5. The highest BCUT2D eigenvalue weighted by atomic mass is 79.9. The maximum absolute atomic E-state index is 13.2. The quantitative estimate of drug-likeness (QED) is 0.142. The molecule has 0 N–H and O–H groups in total. The molecule has 6 saturated heterocycles. The SMILES string of the molecule is CC1(C)OB(B2OC(C)(C)C(C)(C)O2)OC1(C)C.CC1(C)OB(c2cnc(N3CC[C@@H](F)C3)nc2)OC1(C)C.CN1CC[C@@H](F)C1.Cl.F[C@@H]1CCN(c2ncc(Br)cn2)C1.Fc1ncc(Br)cn1. The molecule has 0 spiro atoms. The molecule has 9 rings (SSSR count). The number of alkyl halides is 3. The highest BCUT2D eigenvalue weighted by molar-refractivity contribution is 9.10. The third kappa shape index (κ3) is 15.4. The first kappa shape index (κ1) is 58.3. The average Bonchev–Trinajstić information content (AvgIpc) is 4.08. The topological polar surface area (TPSA) is 142 Å². The number of rotatable bonds is 4. The molecule has 0 aromatic carbocycles. The zero-order valence-electron chi connectivity index (χ0n) is 41.4. The van der Waals surface area contributed by atoms with Crippen molar-refractivity contribution in [3.63, 3.8) is 0 Å². The van der Waals surface area contributed by atoms with E-state index in [2.05, 4.69) is 61.8 Å². The van der Waals surface area contributed by atoms with Crippen LogP contribution in [0.25, 0.3) is 0 Å². The molecule has 3 atom stereocenters. The van der Waals surface area contributed by atoms with Gasteiger partial charge in [-0.05, 0) is 141 Å². The zero-order chi connectivity index (χ0) is 49.8. The number of likely N-dealkylation sites (tertiary alicyclic amines) is 1. The minimum atomic E-state index is -0.781. The van der Waals surface area contributed by atoms with E-state index >= 15 is 0 Å². The molecular weight excluding hydrogens is 1040 g/mol. The van der Waals surface area contributed by atoms with Crippen LogP contribution in [0.15, 0.2) is 46.1 Å². The summed E-state index contributed by atoms with van der Waals surface area (Å²) in [6.45, 7) is 28.0. The minimum absolute atomic E-state index is 0. The molecule has 378 valence electrons. The summed E-state index contributed by atoms with van der Waals surface area (Å²) >= 11 is 6.30. The maximum Gasteiger partial charge on any atom is 0.498 e. The lowest BCUT2D eigenvalue weighted by atomic mass is 9.49. The van der Waals surface area contributed by atoms with Crippen molar-refractivity contribution in [2.24, 2.45) is 0 Å². The van der Waals surface area contributed by atoms with E-state index in [1.54, 1.807) is 24.8 Å². The van der Waals surface area contributed by atoms with Gasteiger partial charge in [-0.1, -0.05) is 0 Å². The number of anilines is 2. The molecule has 0 saturated carbocycles. The third-order valence-corrected chi connectivity index (χ3v) is 14.1. The lowest BCUT2D eigenvalue weighted by molar-refractivity contribution is 0.00578. The van der Waals surface area contributed by atoms with Gasteiger partial charge in [0.15, 0.2) is 0 Å². The standard InChI is InChI=1S/C14H21BFN3O2.C12H24B2O4.C8H9BrFN3.C5H10FN.C4H2BrFN2.ClH/c1-13(2)14(3,4)21-15(20-13)10-7-17-12(18-8-10)19-6-5-11(16)9-19;1-9(2)10(3,4)16-13(15-9)14-17-11(5,6)12(7,8)18-14;9-6-3-11-8(12-4-6)13-2-1-7(10)5-13;1-7-3-2-5(6)4-7;5-3-1-7-4(6)8-2-3;/h7-8,11H,5-6,9H2,1-4H3;1-8H3;3-4,7H,1-2,5H2;5H,2-4H2,1H3;1-2H;1H/t11-;;7-;5-;;/m1.11../s1. The Morgan fingerprint density at radius 3 is 1.09 bits per heavy atom. The molecular formula is C43H67B3Br2ClF4N9O6. The largest absolute Gasteiger partial charge is 0.498 e. The van der Waals surface area contributed by atoms with Gasteiger partial charge in [0.25, 0.3) is 0 Å². The van der Waals surface area contributed by atoms with E-state index in [-0.39, 0.29) is 46.0 Å². The lowest BCUT2D eigenvalue weighted by Crippen LogP contribution is -2.41. The normalized spacial score (nSPS) is 25.8. The van der Waals surface area contributed by atoms with Crippen LogP contribution < -0.4 is 15.3 Å². The van der Waals surface area contributed by atoms with Crippen LogP contribution >= 0.6 is 44.3 Å². The minimum Gasteiger partial charge on any atom is -0.405 e. The summed E-state index contributed by atoms with van der Waals surface area (Å²) in [5.41, 5.74) is -1.42. The van der Waals surface area contributed by atoms with Crippen molar-refractivity contribution >= 4 is 82.8 Å². The zero-order valence-corrected chi connectivity index (χ0v) is 45.4. The van der Waals surface area contributed by atoms with Crippen molar-refractivity contribution in [1.82, 2.24) is 34.8 Å². The van der Waals surface area contributed by atoms with Crippen molar-refractivity contribution in [1.29, 1.82) is 0 Å². The first-order valence-electron chi connectivity index (χ1n) is 22.6. The number of nitrogens with zero attached hydrogens (tertiary/aromatic N) is 9. The Morgan fingerprint density at radius 1 is 0.500 bits per heavy atom. The van der Waals surface area contributed by atoms with E-state index in [4.69, 9.17) is 27.9 Å². The summed E-state index contributed by atoms with van der Waals surface area (Å²) in [4.78, 5) is 29.1. The molecule has 15 nitrogen and oxygen atoms in total. The third-order valence-electron chi connectivity index (χ3n) is 13.3. The summed E-state index contributed by atoms with van der Waals surface area (Å²) < 4.78 is 87.3. The van der Waals surface area contributed by atoms with Gasteiger partial charge in [-0.2, -0.15) is 4.39 Å². The molecule has 9 heterocycles. The average molecular weight is 1110 g/mol. The summed E-state index contributed by atoms with van der Waals surface area (Å²) in [6.07, 6.45) is 8.55. The number of halogens is 7. The van der Waals surface area contributed by atoms with Crippen LogP contribution in [-0.2, 0) is 27.9 Å². The highest BCUT2D eigenvalue weighted by Gasteiger charge is 2.63. The molecule has 68 heavy (non-hydrogen) atoms. The molecule has 0 radical (unpaired) electrons. The van der Waals surface area contributed by atoms with E-state index < -0.39 is 45.7 Å². The molecule has 6 aliphatic heterocycles. The first-order chi connectivity index (χ1) is 31.0. The van der Waals surface area contributed by atoms with Gasteiger partial charge in [-0.25, -0.2) is 43.1 Å². The van der Waals surface area contributed by atoms with Crippen molar-refractivity contribution in [3.05, 3.63) is 52.2 Å². The first-order valence-corrected chi connectivity index (χ1v) is 24.2. The fourth-order valence-corrected chi connectivity index (χ4v) is 7.45. The van der Waals surface area contributed by atoms with E-state index in [1.165, 1.54) is 12.4 Å². The smallest absolute Gasteiger partial charge is 0.405 e. The van der Waals surface area contributed by atoms with Crippen molar-refractivity contribution in [2.45, 2.75) is 154 Å². The van der Waals surface area contributed by atoms with Gasteiger partial charge in [-0.15, -0.1) is 12.4 Å². The van der Waals surface area contributed by atoms with E-state index in [0.717, 1.165) is 22.9 Å². The molecule has 0 unspecified atom stereocenters. The molecule has 0 aliphatic carbocycles. The Hall–Kier alpha value is -2.28. The maximum atomic E-state index is 13.2. The molecule has 3 aromatic rings. The van der Waals surface area contributed by atoms with Crippen LogP contribution in [0.2, 0.25) is 0 Å². The summed E-state index contributed by atoms with van der Waals surface area (Å²) in [7, 11) is 0.531. The Balaban J connectivity index is 0.000000195. The van der Waals surface area contributed by atoms with Crippen LogP contribution in [0.1, 0.15) is 102 Å². The Bertz CT molecular complexity index is 1940. The van der Waals surface area contributed by atoms with Crippen LogP contribution in [0.5, 0.6) is 0 Å². The Labute approximate surface area is 423 Å². The second-order valence-electron chi connectivity index (χ2n) is 20.3. The van der Waals surface area contributed by atoms with Gasteiger partial charge in [0.1, 0.15) is 18.5 Å². The predicted octanol–water partition coefficient (Wildman–Crippen LogP) is 7.82. The monoisotopic (exact) mass is 1110 g/mol. The number of aromatic nitrogens is 6. The molecule has 6 fully saturated rings. The second-order valence-corrected chi connectivity index (χ2v) is 22.2. The van der Waals surface area contributed by atoms with Crippen LogP contribution in [0.4, 0.5) is 29.5 Å². The van der Waals surface area contributed by atoms with Crippen LogP contribution in [0.3, 0.4) is 0 Å². The fourth-order valence-electron chi connectivity index (χ4n) is 7.04. The van der Waals surface area contributed by atoms with E-state index in [0.29, 0.717) is 61.9 Å². The number of hydrogen-bond donors (Lipinski definition) is 0. The summed E-state index contributed by atoms with van der Waals surface area (Å²) in [5, 5.41) is 0. The van der Waals surface area contributed by atoms with Gasteiger partial charge in [-0.3, -0.25) is 0 Å². The Kier molecular flexibility index (Phi) is 20.2. The highest BCUT2D eigenvalue weighted by Crippen LogP contribution is 2.43. The van der Waals surface area contributed by atoms with Gasteiger partial charge in [0.05, 0.1) is 55.6 Å². The van der Waals surface area contributed by atoms with Gasteiger partial charge in [0.2, 0.25) is 11.9 Å². The van der Waals surface area contributed by atoms with Gasteiger partial charge < -0.3 is 42.6 Å². The van der Waals surface area contributed by atoms with Crippen molar-refractivity contribution < 1.29 is 45.5 Å².